The number of phosphoric acid groups is 1. The van der Waals surface area contributed by atoms with E-state index >= 15 is 0 Å². The third-order valence-electron chi connectivity index (χ3n) is 10.1. The minimum atomic E-state index is -4.67. The third kappa shape index (κ3) is 19.0. The summed E-state index contributed by atoms with van der Waals surface area (Å²) in [6.07, 6.45) is -0.0426. The summed E-state index contributed by atoms with van der Waals surface area (Å²) < 4.78 is 23.9. The minimum Gasteiger partial charge on any atom is -0.480 e. The van der Waals surface area contributed by atoms with E-state index in [9.17, 15) is 48.4 Å². The summed E-state index contributed by atoms with van der Waals surface area (Å²) in [4.78, 5) is 89.1. The van der Waals surface area contributed by atoms with Crippen molar-refractivity contribution in [3.05, 3.63) is 52.1 Å². The molecule has 343 valence electrons. The first kappa shape index (κ1) is 54.5. The van der Waals surface area contributed by atoms with Crippen LogP contribution in [-0.4, -0.2) is 178 Å². The monoisotopic (exact) mass is 1040 g/mol. The smallest absolute Gasteiger partial charge is 0.480 e. The second-order valence-corrected chi connectivity index (χ2v) is 16.6. The van der Waals surface area contributed by atoms with E-state index in [0.717, 1.165) is 33.4 Å². The molecule has 0 aromatic heterocycles. The van der Waals surface area contributed by atoms with Crippen LogP contribution in [0, 0.1) is 74.6 Å². The molecule has 1 saturated heterocycles. The van der Waals surface area contributed by atoms with Crippen LogP contribution >= 0.6 is 7.82 Å². The molecule has 20 nitrogen and oxygen atoms in total. The number of rotatable bonds is 20. The molecule has 2 aromatic carbocycles. The summed E-state index contributed by atoms with van der Waals surface area (Å²) in [6.45, 7) is 8.15. The van der Waals surface area contributed by atoms with E-state index in [4.69, 9.17) is 19.3 Å². The Kier molecular flexibility index (Phi) is 23.1. The summed E-state index contributed by atoms with van der Waals surface area (Å²) in [5.41, 5.74) is 6.78. The number of carbonyl (C=O) groups excluding carboxylic acids is 2. The summed E-state index contributed by atoms with van der Waals surface area (Å²) in [7, 11) is -4.67. The number of nitrogens with zero attached hydrogens (tertiary/aromatic N) is 4. The van der Waals surface area contributed by atoms with Gasteiger partial charge in [-0.3, -0.25) is 57.8 Å². The SMILES string of the molecule is Cc1cc(C)c(-c2cc(C)c(OP(=O)(O)OCCC[C@H](C(=O)O)N3CCN(CC(=O)NCC(=O)O)CCN(CC(=O)O)CCN(CC(=O)NCC(=O)O)CC3)cc2C)c(C)c1.[Gd+3]. The van der Waals surface area contributed by atoms with Gasteiger partial charge in [0, 0.05) is 52.4 Å². The van der Waals surface area contributed by atoms with Crippen molar-refractivity contribution in [2.75, 3.05) is 91.7 Å². The molecule has 1 aliphatic heterocycles. The fourth-order valence-corrected chi connectivity index (χ4v) is 8.09. The zero-order valence-electron chi connectivity index (χ0n) is 35.7. The Bertz CT molecular complexity index is 1880. The van der Waals surface area contributed by atoms with E-state index in [2.05, 4.69) is 22.8 Å². The first-order valence-electron chi connectivity index (χ1n) is 19.8. The molecular formula is C40H59GdN6O14P+3. The fourth-order valence-electron chi connectivity index (χ4n) is 7.23. The number of aryl methyl sites for hydroxylation is 5. The quantitative estimate of drug-likeness (QED) is 0.0728. The Labute approximate surface area is 393 Å². The van der Waals surface area contributed by atoms with Gasteiger partial charge in [-0.2, -0.15) is 0 Å². The summed E-state index contributed by atoms with van der Waals surface area (Å²) in [5, 5.41) is 42.6. The summed E-state index contributed by atoms with van der Waals surface area (Å²) in [5.74, 6) is -5.88. The molecular weight excluding hydrogens is 977 g/mol. The van der Waals surface area contributed by atoms with E-state index in [-0.39, 0.29) is 137 Å². The number of aliphatic carboxylic acids is 4. The van der Waals surface area contributed by atoms with Crippen LogP contribution in [0.15, 0.2) is 24.3 Å². The number of carboxylic acid groups (broad SMARTS) is 4. The average Bonchev–Trinajstić information content (AvgIpc) is 3.14. The minimum absolute atomic E-state index is 0. The van der Waals surface area contributed by atoms with Gasteiger partial charge in [-0.15, -0.1) is 0 Å². The third-order valence-corrected chi connectivity index (χ3v) is 11.1. The summed E-state index contributed by atoms with van der Waals surface area (Å²) >= 11 is 0. The Balaban J connectivity index is 0.0000132. The van der Waals surface area contributed by atoms with E-state index < -0.39 is 62.6 Å². The Hall–Kier alpha value is -3.63. The van der Waals surface area contributed by atoms with Crippen LogP contribution in [0.25, 0.3) is 11.1 Å². The number of carboxylic acids is 4. The first-order chi connectivity index (χ1) is 28.6. The van der Waals surface area contributed by atoms with Crippen molar-refractivity contribution in [1.82, 2.24) is 30.2 Å². The van der Waals surface area contributed by atoms with E-state index in [1.807, 2.05) is 33.8 Å². The van der Waals surface area contributed by atoms with E-state index in [1.165, 1.54) is 0 Å². The molecule has 2 atom stereocenters. The van der Waals surface area contributed by atoms with E-state index in [0.29, 0.717) is 5.56 Å². The van der Waals surface area contributed by atoms with Gasteiger partial charge >= 0.3 is 71.6 Å². The topological polar surface area (TPSA) is 276 Å². The number of hydrogen-bond donors (Lipinski definition) is 7. The van der Waals surface area contributed by atoms with Crippen molar-refractivity contribution in [3.63, 3.8) is 0 Å². The van der Waals surface area contributed by atoms with Gasteiger partial charge in [-0.25, -0.2) is 4.57 Å². The summed E-state index contributed by atoms with van der Waals surface area (Å²) in [6, 6.07) is 6.58. The predicted octanol–water partition coefficient (Wildman–Crippen LogP) is 1.33. The van der Waals surface area contributed by atoms with Gasteiger partial charge < -0.3 is 35.6 Å². The normalized spacial score (nSPS) is 16.4. The molecule has 1 heterocycles. The molecule has 7 N–H and O–H groups in total. The van der Waals surface area contributed by atoms with Gasteiger partial charge in [-0.05, 0) is 93.0 Å². The molecule has 0 spiro atoms. The zero-order chi connectivity index (χ0) is 45.4. The molecule has 0 saturated carbocycles. The van der Waals surface area contributed by atoms with Crippen molar-refractivity contribution in [3.8, 4) is 16.9 Å². The molecule has 1 fully saturated rings. The molecule has 22 heteroatoms. The Morgan fingerprint density at radius 3 is 1.58 bits per heavy atom. The van der Waals surface area contributed by atoms with Gasteiger partial charge in [0.2, 0.25) is 11.8 Å². The molecule has 0 bridgehead atoms. The number of hydrogen-bond acceptors (Lipinski definition) is 13. The Morgan fingerprint density at radius 1 is 0.661 bits per heavy atom. The first-order valence-corrected chi connectivity index (χ1v) is 21.3. The molecule has 2 amide bonds. The van der Waals surface area contributed by atoms with Gasteiger partial charge in [0.1, 0.15) is 24.9 Å². The van der Waals surface area contributed by atoms with Crippen molar-refractivity contribution < 1.29 is 108 Å². The van der Waals surface area contributed by atoms with Crippen molar-refractivity contribution in [2.24, 2.45) is 0 Å². The van der Waals surface area contributed by atoms with Crippen LogP contribution in [0.1, 0.15) is 40.7 Å². The molecule has 1 unspecified atom stereocenters. The van der Waals surface area contributed by atoms with Crippen LogP contribution in [0.5, 0.6) is 5.75 Å². The number of carbonyl (C=O) groups is 6. The number of phosphoric ester groups is 1. The van der Waals surface area contributed by atoms with Crippen LogP contribution in [-0.2, 0) is 37.9 Å². The van der Waals surface area contributed by atoms with Gasteiger partial charge in [-0.1, -0.05) is 17.7 Å². The molecule has 1 aliphatic rings. The number of amides is 2. The largest absolute Gasteiger partial charge is 3.00 e. The molecule has 2 aromatic rings. The zero-order valence-corrected chi connectivity index (χ0v) is 38.9. The average molecular weight is 1040 g/mol. The number of nitrogens with one attached hydrogen (secondary N) is 2. The maximum atomic E-state index is 13.1. The second kappa shape index (κ2) is 26.2. The predicted molar refractivity (Wildman–Crippen MR) is 222 cm³/mol. The Morgan fingerprint density at radius 2 is 1.13 bits per heavy atom. The van der Waals surface area contributed by atoms with Crippen molar-refractivity contribution in [2.45, 2.75) is 53.5 Å². The second-order valence-electron chi connectivity index (χ2n) is 15.2. The van der Waals surface area contributed by atoms with Crippen LogP contribution in [0.4, 0.5) is 0 Å². The molecule has 0 aliphatic carbocycles. The maximum Gasteiger partial charge on any atom is 3.00 e. The number of benzene rings is 2. The fraction of sp³-hybridized carbons (Fsp3) is 0.550. The maximum absolute atomic E-state index is 13.1. The van der Waals surface area contributed by atoms with Crippen molar-refractivity contribution in [1.29, 1.82) is 0 Å². The van der Waals surface area contributed by atoms with E-state index in [1.54, 1.807) is 32.6 Å². The molecule has 62 heavy (non-hydrogen) atoms. The molecule has 3 rings (SSSR count). The van der Waals surface area contributed by atoms with Crippen LogP contribution in [0.3, 0.4) is 0 Å². The van der Waals surface area contributed by atoms with Crippen molar-refractivity contribution >= 4 is 43.5 Å². The standard InChI is InChI=1S/C40H59N6O14P.Gd/c1-26-17-29(4)39(30(5)18-26)31-19-28(3)33(20-27(31)2)60-61(57,58)59-16-6-7-32(40(55)56)46-14-12-43(23-34(47)41-21-36(49)50)8-10-45(25-38(53)54)11-9-44(13-15-46)24-35(48)42-22-37(51)52;/h17-20,32H,6-16,21-25H2,1-5H3,(H,41,47)(H,42,48)(H,49,50)(H,51,52)(H,53,54)(H,55,56)(H,57,58);/q;+3/t32-;/m1./s1. The van der Waals surface area contributed by atoms with Gasteiger partial charge in [0.25, 0.3) is 0 Å². The van der Waals surface area contributed by atoms with Crippen LogP contribution < -0.4 is 15.2 Å². The molecule has 1 radical (unpaired) electrons. The van der Waals surface area contributed by atoms with Gasteiger partial charge in [0.05, 0.1) is 26.2 Å². The van der Waals surface area contributed by atoms with Gasteiger partial charge in [0.15, 0.2) is 0 Å². The van der Waals surface area contributed by atoms with Crippen LogP contribution in [0.2, 0.25) is 0 Å².